The van der Waals surface area contributed by atoms with E-state index < -0.39 is 0 Å². The van der Waals surface area contributed by atoms with Gasteiger partial charge >= 0.3 is 0 Å². The number of amides is 1. The van der Waals surface area contributed by atoms with E-state index in [9.17, 15) is 4.79 Å². The lowest BCUT2D eigenvalue weighted by Gasteiger charge is -2.30. The number of carbonyl (C=O) groups excluding carboxylic acids is 1. The summed E-state index contributed by atoms with van der Waals surface area (Å²) >= 11 is 0. The highest BCUT2D eigenvalue weighted by Crippen LogP contribution is 2.28. The van der Waals surface area contributed by atoms with Crippen LogP contribution >= 0.6 is 0 Å². The first-order valence-corrected chi connectivity index (χ1v) is 7.51. The van der Waals surface area contributed by atoms with Crippen LogP contribution in [0.1, 0.15) is 30.6 Å². The number of rotatable bonds is 3. The fourth-order valence-electron chi connectivity index (χ4n) is 3.28. The first-order chi connectivity index (χ1) is 9.69. The van der Waals surface area contributed by atoms with Crippen LogP contribution < -0.4 is 5.32 Å². The highest BCUT2D eigenvalue weighted by atomic mass is 16.2. The van der Waals surface area contributed by atoms with Crippen LogP contribution in [0, 0.1) is 0 Å². The normalized spacial score (nSPS) is 27.5. The van der Waals surface area contributed by atoms with Gasteiger partial charge in [0, 0.05) is 12.6 Å². The van der Waals surface area contributed by atoms with Gasteiger partial charge in [-0.05, 0) is 37.6 Å². The molecule has 0 saturated carbocycles. The summed E-state index contributed by atoms with van der Waals surface area (Å²) in [5.74, 6) is 0.231. The second-order valence-electron chi connectivity index (χ2n) is 5.88. The lowest BCUT2D eigenvalue weighted by molar-refractivity contribution is -0.130. The average Bonchev–Trinajstić information content (AvgIpc) is 3.05. The second-order valence-corrected chi connectivity index (χ2v) is 5.88. The zero-order valence-electron chi connectivity index (χ0n) is 12.3. The van der Waals surface area contributed by atoms with E-state index in [1.54, 1.807) is 0 Å². The lowest BCUT2D eigenvalue weighted by atomic mass is 10.1. The van der Waals surface area contributed by atoms with Crippen LogP contribution in [0.3, 0.4) is 0 Å². The van der Waals surface area contributed by atoms with E-state index in [1.807, 2.05) is 0 Å². The monoisotopic (exact) mass is 273 g/mol. The van der Waals surface area contributed by atoms with Crippen molar-refractivity contribution in [1.29, 1.82) is 0 Å². The number of carbonyl (C=O) groups is 1. The first-order valence-electron chi connectivity index (χ1n) is 7.51. The van der Waals surface area contributed by atoms with Crippen molar-refractivity contribution in [1.82, 2.24) is 15.1 Å². The van der Waals surface area contributed by atoms with Gasteiger partial charge in [-0.3, -0.25) is 10.1 Å². The number of hydrogen-bond donors (Lipinski definition) is 1. The van der Waals surface area contributed by atoms with Gasteiger partial charge in [0.15, 0.2) is 0 Å². The van der Waals surface area contributed by atoms with Crippen LogP contribution in [0.5, 0.6) is 0 Å². The van der Waals surface area contributed by atoms with Crippen LogP contribution in [0.4, 0.5) is 0 Å². The van der Waals surface area contributed by atoms with Crippen LogP contribution in [-0.2, 0) is 11.2 Å². The van der Waals surface area contributed by atoms with Crippen LogP contribution in [0.15, 0.2) is 24.3 Å². The van der Waals surface area contributed by atoms with Gasteiger partial charge in [0.1, 0.15) is 6.17 Å². The van der Waals surface area contributed by atoms with Crippen molar-refractivity contribution in [2.45, 2.75) is 32.0 Å². The Labute approximate surface area is 120 Å². The lowest BCUT2D eigenvalue weighted by Crippen LogP contribution is -2.41. The maximum absolute atomic E-state index is 12.2. The second kappa shape index (κ2) is 5.54. The SMILES string of the molecule is CCc1ccc(C2NCC(=O)N2C2CCN(C)C2)cc1. The zero-order chi connectivity index (χ0) is 14.1. The average molecular weight is 273 g/mol. The van der Waals surface area contributed by atoms with Crippen LogP contribution in [0.2, 0.25) is 0 Å². The minimum Gasteiger partial charge on any atom is -0.317 e. The maximum atomic E-state index is 12.2. The van der Waals surface area contributed by atoms with E-state index in [0.717, 1.165) is 25.9 Å². The Kier molecular flexibility index (Phi) is 3.76. The molecule has 2 unspecified atom stereocenters. The number of benzene rings is 1. The summed E-state index contributed by atoms with van der Waals surface area (Å²) in [5.41, 5.74) is 2.54. The number of aryl methyl sites for hydroxylation is 1. The van der Waals surface area contributed by atoms with Crippen molar-refractivity contribution >= 4 is 5.91 Å². The molecule has 2 saturated heterocycles. The number of nitrogens with one attached hydrogen (secondary N) is 1. The first kappa shape index (κ1) is 13.6. The molecule has 0 spiro atoms. The standard InChI is InChI=1S/C16H23N3O/c1-3-12-4-6-13(7-5-12)16-17-10-15(20)19(16)14-8-9-18(2)11-14/h4-7,14,16-17H,3,8-11H2,1-2H3. The Balaban J connectivity index is 1.81. The smallest absolute Gasteiger partial charge is 0.238 e. The molecule has 0 radical (unpaired) electrons. The van der Waals surface area contributed by atoms with Gasteiger partial charge in [0.05, 0.1) is 6.54 Å². The maximum Gasteiger partial charge on any atom is 0.238 e. The topological polar surface area (TPSA) is 35.6 Å². The summed E-state index contributed by atoms with van der Waals surface area (Å²) < 4.78 is 0. The van der Waals surface area contributed by atoms with E-state index in [2.05, 4.69) is 53.4 Å². The van der Waals surface area contributed by atoms with E-state index in [0.29, 0.717) is 12.6 Å². The highest BCUT2D eigenvalue weighted by Gasteiger charge is 2.38. The van der Waals surface area contributed by atoms with Gasteiger partial charge < -0.3 is 9.80 Å². The third kappa shape index (κ3) is 2.45. The Morgan fingerprint density at radius 1 is 1.30 bits per heavy atom. The predicted molar refractivity (Wildman–Crippen MR) is 79.3 cm³/mol. The Morgan fingerprint density at radius 2 is 2.05 bits per heavy atom. The van der Waals surface area contributed by atoms with Gasteiger partial charge in [-0.1, -0.05) is 31.2 Å². The third-order valence-electron chi connectivity index (χ3n) is 4.48. The molecule has 2 aliphatic rings. The van der Waals surface area contributed by atoms with Crippen molar-refractivity contribution in [3.05, 3.63) is 35.4 Å². The Bertz CT molecular complexity index is 485. The molecule has 2 atom stereocenters. The van der Waals surface area contributed by atoms with E-state index >= 15 is 0 Å². The van der Waals surface area contributed by atoms with Gasteiger partial charge in [0.2, 0.25) is 5.91 Å². The van der Waals surface area contributed by atoms with E-state index in [-0.39, 0.29) is 12.1 Å². The molecule has 1 aromatic rings. The molecule has 4 nitrogen and oxygen atoms in total. The van der Waals surface area contributed by atoms with E-state index in [4.69, 9.17) is 0 Å². The number of likely N-dealkylation sites (N-methyl/N-ethyl adjacent to an activating group) is 1. The molecule has 2 fully saturated rings. The molecule has 2 heterocycles. The highest BCUT2D eigenvalue weighted by molar-refractivity contribution is 5.81. The minimum absolute atomic E-state index is 0.0462. The summed E-state index contributed by atoms with van der Waals surface area (Å²) in [6.07, 6.45) is 2.17. The molecule has 2 aliphatic heterocycles. The Hall–Kier alpha value is -1.39. The summed E-state index contributed by atoms with van der Waals surface area (Å²) in [6, 6.07) is 8.98. The fourth-order valence-corrected chi connectivity index (χ4v) is 3.28. The van der Waals surface area contributed by atoms with Crippen molar-refractivity contribution in [2.75, 3.05) is 26.7 Å². The van der Waals surface area contributed by atoms with Gasteiger partial charge in [-0.15, -0.1) is 0 Å². The van der Waals surface area contributed by atoms with Crippen molar-refractivity contribution in [3.63, 3.8) is 0 Å². The zero-order valence-corrected chi connectivity index (χ0v) is 12.3. The molecule has 20 heavy (non-hydrogen) atoms. The summed E-state index contributed by atoms with van der Waals surface area (Å²) in [7, 11) is 2.12. The van der Waals surface area contributed by atoms with Crippen molar-refractivity contribution in [3.8, 4) is 0 Å². The molecule has 0 aliphatic carbocycles. The molecule has 1 N–H and O–H groups in total. The summed E-state index contributed by atoms with van der Waals surface area (Å²) in [5, 5.41) is 3.36. The molecule has 0 aromatic heterocycles. The molecular weight excluding hydrogens is 250 g/mol. The van der Waals surface area contributed by atoms with Crippen molar-refractivity contribution < 1.29 is 4.79 Å². The van der Waals surface area contributed by atoms with Gasteiger partial charge in [-0.2, -0.15) is 0 Å². The molecule has 108 valence electrons. The molecular formula is C16H23N3O. The van der Waals surface area contributed by atoms with E-state index in [1.165, 1.54) is 11.1 Å². The predicted octanol–water partition coefficient (Wildman–Crippen LogP) is 1.38. The summed E-state index contributed by atoms with van der Waals surface area (Å²) in [4.78, 5) is 16.6. The molecule has 4 heteroatoms. The van der Waals surface area contributed by atoms with Gasteiger partial charge in [-0.25, -0.2) is 0 Å². The molecule has 0 bridgehead atoms. The summed E-state index contributed by atoms with van der Waals surface area (Å²) in [6.45, 7) is 4.68. The number of likely N-dealkylation sites (tertiary alicyclic amines) is 1. The quantitative estimate of drug-likeness (QED) is 0.904. The number of hydrogen-bond acceptors (Lipinski definition) is 3. The largest absolute Gasteiger partial charge is 0.317 e. The molecule has 3 rings (SSSR count). The van der Waals surface area contributed by atoms with Crippen LogP contribution in [0.25, 0.3) is 0 Å². The van der Waals surface area contributed by atoms with Crippen molar-refractivity contribution in [2.24, 2.45) is 0 Å². The van der Waals surface area contributed by atoms with Gasteiger partial charge in [0.25, 0.3) is 0 Å². The van der Waals surface area contributed by atoms with Crippen LogP contribution in [-0.4, -0.2) is 48.4 Å². The Morgan fingerprint density at radius 3 is 2.65 bits per heavy atom. The molecule has 1 aromatic carbocycles. The molecule has 1 amide bonds. The fraction of sp³-hybridized carbons (Fsp3) is 0.562. The number of nitrogens with zero attached hydrogens (tertiary/aromatic N) is 2. The minimum atomic E-state index is 0.0462. The third-order valence-corrected chi connectivity index (χ3v) is 4.48.